The number of ether oxygens (including phenoxy) is 1. The maximum Gasteiger partial charge on any atom is 0.330 e. The quantitative estimate of drug-likeness (QED) is 0.907. The zero-order valence-electron chi connectivity index (χ0n) is 11.0. The molecule has 6 heteroatoms. The van der Waals surface area contributed by atoms with Gasteiger partial charge in [0.05, 0.1) is 12.3 Å². The highest BCUT2D eigenvalue weighted by atomic mass is 16.5. The van der Waals surface area contributed by atoms with Gasteiger partial charge in [0, 0.05) is 20.1 Å². The first-order valence-corrected chi connectivity index (χ1v) is 6.19. The molecular weight excluding hydrogens is 246 g/mol. The van der Waals surface area contributed by atoms with Crippen LogP contribution in [0.5, 0.6) is 5.75 Å². The number of nitrogens with zero attached hydrogens (tertiary/aromatic N) is 2. The van der Waals surface area contributed by atoms with E-state index in [1.165, 1.54) is 9.80 Å². The van der Waals surface area contributed by atoms with Crippen molar-refractivity contribution in [1.29, 1.82) is 0 Å². The molecule has 1 fully saturated rings. The minimum absolute atomic E-state index is 0.286. The zero-order chi connectivity index (χ0) is 13.8. The average molecular weight is 263 g/mol. The van der Waals surface area contributed by atoms with Crippen molar-refractivity contribution < 1.29 is 14.3 Å². The Balaban J connectivity index is 2.09. The number of rotatable bonds is 3. The van der Waals surface area contributed by atoms with Crippen LogP contribution in [0.4, 0.5) is 15.3 Å². The van der Waals surface area contributed by atoms with Gasteiger partial charge in [-0.3, -0.25) is 0 Å². The average Bonchev–Trinajstić information content (AvgIpc) is 2.73. The summed E-state index contributed by atoms with van der Waals surface area (Å²) >= 11 is 0. The second kappa shape index (κ2) is 5.60. The van der Waals surface area contributed by atoms with E-state index >= 15 is 0 Å². The van der Waals surface area contributed by atoms with Gasteiger partial charge in [-0.05, 0) is 19.1 Å². The van der Waals surface area contributed by atoms with E-state index in [4.69, 9.17) is 4.74 Å². The SMILES string of the molecule is CCOc1ccccc1NC(=O)N1CCN(C)C1=O. The van der Waals surface area contributed by atoms with Crippen LogP contribution in [0.1, 0.15) is 6.92 Å². The normalized spacial score (nSPS) is 14.7. The van der Waals surface area contributed by atoms with Gasteiger partial charge in [-0.1, -0.05) is 12.1 Å². The van der Waals surface area contributed by atoms with Crippen LogP contribution in [-0.2, 0) is 0 Å². The Bertz CT molecular complexity index is 490. The summed E-state index contributed by atoms with van der Waals surface area (Å²) in [4.78, 5) is 26.4. The smallest absolute Gasteiger partial charge is 0.330 e. The summed E-state index contributed by atoms with van der Waals surface area (Å²) in [5.41, 5.74) is 0.566. The Morgan fingerprint density at radius 1 is 1.37 bits per heavy atom. The third-order valence-corrected chi connectivity index (χ3v) is 2.89. The summed E-state index contributed by atoms with van der Waals surface area (Å²) < 4.78 is 5.42. The highest BCUT2D eigenvalue weighted by Gasteiger charge is 2.30. The lowest BCUT2D eigenvalue weighted by molar-refractivity contribution is 0.195. The molecule has 102 valence electrons. The summed E-state index contributed by atoms with van der Waals surface area (Å²) in [5, 5.41) is 2.70. The molecule has 0 aromatic heterocycles. The van der Waals surface area contributed by atoms with Crippen molar-refractivity contribution in [1.82, 2.24) is 9.80 Å². The molecule has 1 N–H and O–H groups in total. The van der Waals surface area contributed by atoms with Crippen molar-refractivity contribution in [3.05, 3.63) is 24.3 Å². The van der Waals surface area contributed by atoms with E-state index in [9.17, 15) is 9.59 Å². The summed E-state index contributed by atoms with van der Waals surface area (Å²) in [6, 6.07) is 6.43. The summed E-state index contributed by atoms with van der Waals surface area (Å²) in [6.45, 7) is 3.34. The topological polar surface area (TPSA) is 61.9 Å². The Morgan fingerprint density at radius 3 is 2.74 bits per heavy atom. The van der Waals surface area contributed by atoms with Crippen LogP contribution >= 0.6 is 0 Å². The molecule has 0 spiro atoms. The van der Waals surface area contributed by atoms with Crippen molar-refractivity contribution in [3.8, 4) is 5.75 Å². The number of para-hydroxylation sites is 2. The van der Waals surface area contributed by atoms with Gasteiger partial charge >= 0.3 is 12.1 Å². The molecule has 1 heterocycles. The lowest BCUT2D eigenvalue weighted by atomic mass is 10.3. The molecule has 4 amide bonds. The van der Waals surface area contributed by atoms with Crippen LogP contribution in [0.2, 0.25) is 0 Å². The van der Waals surface area contributed by atoms with Crippen LogP contribution in [0.3, 0.4) is 0 Å². The third-order valence-electron chi connectivity index (χ3n) is 2.89. The second-order valence-corrected chi connectivity index (χ2v) is 4.22. The van der Waals surface area contributed by atoms with Gasteiger partial charge in [0.15, 0.2) is 0 Å². The number of carbonyl (C=O) groups is 2. The van der Waals surface area contributed by atoms with Crippen molar-refractivity contribution >= 4 is 17.7 Å². The van der Waals surface area contributed by atoms with Crippen molar-refractivity contribution in [3.63, 3.8) is 0 Å². The molecular formula is C13H17N3O3. The number of carbonyl (C=O) groups excluding carboxylic acids is 2. The van der Waals surface area contributed by atoms with Crippen molar-refractivity contribution in [2.45, 2.75) is 6.92 Å². The monoisotopic (exact) mass is 263 g/mol. The maximum absolute atomic E-state index is 12.0. The molecule has 0 atom stereocenters. The Kier molecular flexibility index (Phi) is 3.89. The standard InChI is InChI=1S/C13H17N3O3/c1-3-19-11-7-5-4-6-10(11)14-12(17)16-9-8-15(2)13(16)18/h4-7H,3,8-9H2,1-2H3,(H,14,17). The number of likely N-dealkylation sites (N-methyl/N-ethyl adjacent to an activating group) is 1. The Morgan fingerprint density at radius 2 is 2.11 bits per heavy atom. The van der Waals surface area contributed by atoms with Crippen LogP contribution in [-0.4, -0.2) is 48.6 Å². The first kappa shape index (κ1) is 13.2. The summed E-state index contributed by atoms with van der Waals surface area (Å²) in [6.07, 6.45) is 0. The molecule has 0 unspecified atom stereocenters. The highest BCUT2D eigenvalue weighted by molar-refractivity contribution is 6.02. The number of benzene rings is 1. The van der Waals surface area contributed by atoms with Crippen LogP contribution < -0.4 is 10.1 Å². The van der Waals surface area contributed by atoms with Gasteiger partial charge < -0.3 is 15.0 Å². The largest absolute Gasteiger partial charge is 0.492 e. The summed E-state index contributed by atoms with van der Waals surface area (Å²) in [5.74, 6) is 0.596. The minimum Gasteiger partial charge on any atom is -0.492 e. The van der Waals surface area contributed by atoms with E-state index in [-0.39, 0.29) is 6.03 Å². The van der Waals surface area contributed by atoms with Gasteiger partial charge in [0.1, 0.15) is 5.75 Å². The van der Waals surface area contributed by atoms with E-state index in [2.05, 4.69) is 5.32 Å². The van der Waals surface area contributed by atoms with Gasteiger partial charge in [0.25, 0.3) is 0 Å². The van der Waals surface area contributed by atoms with E-state index in [1.807, 2.05) is 13.0 Å². The van der Waals surface area contributed by atoms with Crippen molar-refractivity contribution in [2.24, 2.45) is 0 Å². The summed E-state index contributed by atoms with van der Waals surface area (Å²) in [7, 11) is 1.67. The first-order valence-electron chi connectivity index (χ1n) is 6.19. The fraction of sp³-hybridized carbons (Fsp3) is 0.385. The number of hydrogen-bond acceptors (Lipinski definition) is 3. The van der Waals surface area contributed by atoms with Crippen LogP contribution in [0.25, 0.3) is 0 Å². The van der Waals surface area contributed by atoms with Gasteiger partial charge in [-0.25, -0.2) is 14.5 Å². The Labute approximate surface area is 111 Å². The fourth-order valence-electron chi connectivity index (χ4n) is 1.87. The molecule has 6 nitrogen and oxygen atoms in total. The molecule has 0 aliphatic carbocycles. The number of imide groups is 1. The fourth-order valence-corrected chi connectivity index (χ4v) is 1.87. The lowest BCUT2D eigenvalue weighted by Gasteiger charge is -2.16. The predicted octanol–water partition coefficient (Wildman–Crippen LogP) is 1.98. The number of nitrogens with one attached hydrogen (secondary N) is 1. The van der Waals surface area contributed by atoms with Crippen LogP contribution in [0.15, 0.2) is 24.3 Å². The molecule has 1 aromatic rings. The molecule has 2 rings (SSSR count). The number of amides is 4. The first-order chi connectivity index (χ1) is 9.13. The van der Waals surface area contributed by atoms with Crippen LogP contribution in [0, 0.1) is 0 Å². The van der Waals surface area contributed by atoms with E-state index in [0.717, 1.165) is 0 Å². The number of anilines is 1. The molecule has 1 aromatic carbocycles. The van der Waals surface area contributed by atoms with Gasteiger partial charge in [0.2, 0.25) is 0 Å². The maximum atomic E-state index is 12.0. The molecule has 1 aliphatic rings. The van der Waals surface area contributed by atoms with E-state index in [1.54, 1.807) is 25.2 Å². The zero-order valence-corrected chi connectivity index (χ0v) is 11.0. The van der Waals surface area contributed by atoms with E-state index in [0.29, 0.717) is 31.1 Å². The van der Waals surface area contributed by atoms with Crippen molar-refractivity contribution in [2.75, 3.05) is 32.1 Å². The predicted molar refractivity (Wildman–Crippen MR) is 71.4 cm³/mol. The molecule has 19 heavy (non-hydrogen) atoms. The molecule has 0 radical (unpaired) electrons. The number of urea groups is 2. The lowest BCUT2D eigenvalue weighted by Crippen LogP contribution is -2.38. The molecule has 0 bridgehead atoms. The molecule has 0 saturated carbocycles. The highest BCUT2D eigenvalue weighted by Crippen LogP contribution is 2.24. The van der Waals surface area contributed by atoms with Gasteiger partial charge in [-0.2, -0.15) is 0 Å². The Hall–Kier alpha value is -2.24. The molecule has 1 saturated heterocycles. The molecule has 1 aliphatic heterocycles. The van der Waals surface area contributed by atoms with E-state index < -0.39 is 6.03 Å². The number of hydrogen-bond donors (Lipinski definition) is 1. The third kappa shape index (κ3) is 2.78. The second-order valence-electron chi connectivity index (χ2n) is 4.22. The van der Waals surface area contributed by atoms with Gasteiger partial charge in [-0.15, -0.1) is 0 Å². The minimum atomic E-state index is -0.429.